The second-order valence-electron chi connectivity index (χ2n) is 3.47. The van der Waals surface area contributed by atoms with Crippen LogP contribution in [-0.4, -0.2) is 51.9 Å². The fourth-order valence-corrected chi connectivity index (χ4v) is 1.27. The average molecular weight is 233 g/mol. The van der Waals surface area contributed by atoms with Crippen molar-refractivity contribution in [2.24, 2.45) is 0 Å². The molecule has 0 aromatic carbocycles. The largest absolute Gasteiger partial charge is 0.388 e. The molecule has 0 aromatic rings. The Kier molecular flexibility index (Phi) is 4.39. The molecule has 1 amide bonds. The highest BCUT2D eigenvalue weighted by molar-refractivity contribution is 5.85. The molecule has 0 spiro atoms. The first-order valence-electron chi connectivity index (χ1n) is 4.75. The molecule has 0 unspecified atom stereocenters. The molecular weight excluding hydrogens is 218 g/mol. The minimum atomic E-state index is -1.45. The highest BCUT2D eigenvalue weighted by atomic mass is 16.8. The first-order chi connectivity index (χ1) is 7.47. The fourth-order valence-electron chi connectivity index (χ4n) is 1.27. The number of rotatable bonds is 3. The van der Waals surface area contributed by atoms with Gasteiger partial charge in [-0.1, -0.05) is 6.58 Å². The van der Waals surface area contributed by atoms with Crippen molar-refractivity contribution in [3.63, 3.8) is 0 Å². The van der Waals surface area contributed by atoms with E-state index in [2.05, 4.69) is 6.58 Å². The lowest BCUT2D eigenvalue weighted by Gasteiger charge is -2.38. The highest BCUT2D eigenvalue weighted by Crippen LogP contribution is 2.20. The summed E-state index contributed by atoms with van der Waals surface area (Å²) in [5, 5.41) is 28.3. The Hall–Kier alpha value is -0.990. The van der Waals surface area contributed by atoms with E-state index in [1.165, 1.54) is 6.92 Å². The molecule has 0 radical (unpaired) electrons. The predicted molar refractivity (Wildman–Crippen MR) is 51.8 cm³/mol. The molecule has 1 aliphatic heterocycles. The van der Waals surface area contributed by atoms with Crippen molar-refractivity contribution < 1.29 is 29.7 Å². The molecule has 4 N–H and O–H groups in total. The second kappa shape index (κ2) is 5.37. The van der Waals surface area contributed by atoms with Gasteiger partial charge in [0.2, 0.25) is 6.29 Å². The lowest BCUT2D eigenvalue weighted by molar-refractivity contribution is -0.305. The van der Waals surface area contributed by atoms with Crippen LogP contribution >= 0.6 is 0 Å². The molecule has 92 valence electrons. The van der Waals surface area contributed by atoms with Gasteiger partial charge >= 0.3 is 0 Å². The Morgan fingerprint density at radius 2 is 2.00 bits per heavy atom. The molecule has 1 saturated heterocycles. The van der Waals surface area contributed by atoms with Gasteiger partial charge in [0.1, 0.15) is 18.3 Å². The van der Waals surface area contributed by atoms with Crippen LogP contribution in [0.1, 0.15) is 6.92 Å². The van der Waals surface area contributed by atoms with Crippen LogP contribution in [0.15, 0.2) is 12.7 Å². The quantitative estimate of drug-likeness (QED) is 0.333. The van der Waals surface area contributed by atoms with Crippen LogP contribution < -0.4 is 5.48 Å². The summed E-state index contributed by atoms with van der Waals surface area (Å²) < 4.78 is 5.04. The zero-order chi connectivity index (χ0) is 12.3. The maximum atomic E-state index is 10.8. The van der Waals surface area contributed by atoms with E-state index in [0.717, 1.165) is 6.08 Å². The molecule has 16 heavy (non-hydrogen) atoms. The Labute approximate surface area is 92.2 Å². The monoisotopic (exact) mass is 233 g/mol. The van der Waals surface area contributed by atoms with E-state index in [0.29, 0.717) is 0 Å². The summed E-state index contributed by atoms with van der Waals surface area (Å²) in [6, 6.07) is 0. The third-order valence-corrected chi connectivity index (χ3v) is 2.27. The number of nitrogens with one attached hydrogen (secondary N) is 1. The van der Waals surface area contributed by atoms with Crippen LogP contribution in [0.4, 0.5) is 0 Å². The van der Waals surface area contributed by atoms with Crippen molar-refractivity contribution in [2.75, 3.05) is 0 Å². The number of amides is 1. The molecule has 7 heteroatoms. The van der Waals surface area contributed by atoms with Gasteiger partial charge in [0.15, 0.2) is 0 Å². The van der Waals surface area contributed by atoms with E-state index < -0.39 is 36.6 Å². The van der Waals surface area contributed by atoms with Gasteiger partial charge in [0.05, 0.1) is 6.10 Å². The number of carbonyl (C=O) groups excluding carboxylic acids is 1. The van der Waals surface area contributed by atoms with Crippen molar-refractivity contribution in [1.29, 1.82) is 0 Å². The zero-order valence-corrected chi connectivity index (χ0v) is 8.74. The van der Waals surface area contributed by atoms with E-state index >= 15 is 0 Å². The number of carbonyl (C=O) groups is 1. The van der Waals surface area contributed by atoms with Crippen LogP contribution in [0.5, 0.6) is 0 Å². The summed E-state index contributed by atoms with van der Waals surface area (Å²) >= 11 is 0. The molecule has 0 bridgehead atoms. The van der Waals surface area contributed by atoms with Gasteiger partial charge < -0.3 is 20.1 Å². The normalized spacial score (nSPS) is 39.1. The summed E-state index contributed by atoms with van der Waals surface area (Å²) in [5.41, 5.74) is 1.95. The third kappa shape index (κ3) is 2.77. The summed E-state index contributed by atoms with van der Waals surface area (Å²) in [4.78, 5) is 15.5. The smallest absolute Gasteiger partial charge is 0.267 e. The fraction of sp³-hybridized carbons (Fsp3) is 0.667. The summed E-state index contributed by atoms with van der Waals surface area (Å²) in [7, 11) is 0. The van der Waals surface area contributed by atoms with E-state index in [1.807, 2.05) is 5.48 Å². The molecule has 1 aliphatic rings. The Balaban J connectivity index is 2.53. The Morgan fingerprint density at radius 3 is 2.56 bits per heavy atom. The molecule has 0 saturated carbocycles. The van der Waals surface area contributed by atoms with Gasteiger partial charge in [0, 0.05) is 0 Å². The zero-order valence-electron chi connectivity index (χ0n) is 8.74. The molecule has 0 aliphatic carbocycles. The summed E-state index contributed by atoms with van der Waals surface area (Å²) in [6.07, 6.45) is -5.03. The molecule has 7 nitrogen and oxygen atoms in total. The number of aliphatic hydroxyl groups excluding tert-OH is 3. The van der Waals surface area contributed by atoms with Crippen LogP contribution in [-0.2, 0) is 14.4 Å². The molecule has 5 atom stereocenters. The SMILES string of the molecule is C=CC(=O)NO[C@@H]1O[C@@H](C)[C@@H](O)[C@@H](O)[C@@H]1O. The maximum Gasteiger partial charge on any atom is 0.267 e. The molecule has 1 fully saturated rings. The van der Waals surface area contributed by atoms with Crippen molar-refractivity contribution >= 4 is 5.91 Å². The minimum absolute atomic E-state index is 0.607. The van der Waals surface area contributed by atoms with Gasteiger partial charge in [-0.15, -0.1) is 0 Å². The van der Waals surface area contributed by atoms with Crippen molar-refractivity contribution in [2.45, 2.75) is 37.6 Å². The van der Waals surface area contributed by atoms with Crippen LogP contribution in [0.2, 0.25) is 0 Å². The van der Waals surface area contributed by atoms with Gasteiger partial charge in [0.25, 0.3) is 5.91 Å². The minimum Gasteiger partial charge on any atom is -0.388 e. The van der Waals surface area contributed by atoms with Crippen molar-refractivity contribution in [3.05, 3.63) is 12.7 Å². The molecule has 1 rings (SSSR count). The third-order valence-electron chi connectivity index (χ3n) is 2.27. The predicted octanol–water partition coefficient (Wildman–Crippen LogP) is -1.95. The maximum absolute atomic E-state index is 10.8. The lowest BCUT2D eigenvalue weighted by Crippen LogP contribution is -2.58. The summed E-state index contributed by atoms with van der Waals surface area (Å²) in [6.45, 7) is 4.71. The first-order valence-corrected chi connectivity index (χ1v) is 4.75. The van der Waals surface area contributed by atoms with Crippen LogP contribution in [0, 0.1) is 0 Å². The Morgan fingerprint density at radius 1 is 1.38 bits per heavy atom. The number of hydrogen-bond donors (Lipinski definition) is 4. The highest BCUT2D eigenvalue weighted by Gasteiger charge is 2.42. The van der Waals surface area contributed by atoms with Crippen LogP contribution in [0.3, 0.4) is 0 Å². The first kappa shape index (κ1) is 13.1. The molecular formula is C9H15NO6. The van der Waals surface area contributed by atoms with Gasteiger partial charge in [-0.2, -0.15) is 0 Å². The lowest BCUT2D eigenvalue weighted by atomic mass is 10.0. The average Bonchev–Trinajstić information content (AvgIpc) is 2.28. The molecule has 0 aromatic heterocycles. The van der Waals surface area contributed by atoms with E-state index in [-0.39, 0.29) is 0 Å². The second-order valence-corrected chi connectivity index (χ2v) is 3.47. The molecule has 1 heterocycles. The van der Waals surface area contributed by atoms with Crippen LogP contribution in [0.25, 0.3) is 0 Å². The van der Waals surface area contributed by atoms with Gasteiger partial charge in [-0.25, -0.2) is 10.3 Å². The number of aliphatic hydroxyl groups is 3. The van der Waals surface area contributed by atoms with Gasteiger partial charge in [-0.05, 0) is 13.0 Å². The van der Waals surface area contributed by atoms with Crippen molar-refractivity contribution in [3.8, 4) is 0 Å². The number of hydroxylamine groups is 1. The summed E-state index contributed by atoms with van der Waals surface area (Å²) in [5.74, 6) is -0.607. The number of ether oxygens (including phenoxy) is 1. The van der Waals surface area contributed by atoms with E-state index in [4.69, 9.17) is 9.57 Å². The number of hydrogen-bond acceptors (Lipinski definition) is 6. The topological polar surface area (TPSA) is 108 Å². The van der Waals surface area contributed by atoms with Gasteiger partial charge in [-0.3, -0.25) is 4.79 Å². The van der Waals surface area contributed by atoms with E-state index in [1.54, 1.807) is 0 Å². The van der Waals surface area contributed by atoms with E-state index in [9.17, 15) is 20.1 Å². The Bertz CT molecular complexity index is 271. The standard InChI is InChI=1S/C9H15NO6/c1-3-5(11)10-16-9-8(14)7(13)6(12)4(2)15-9/h3-4,6-9,12-14H,1H2,2H3,(H,10,11)/t4-,6+,7+,8-,9-/m0/s1. The van der Waals surface area contributed by atoms with Crippen molar-refractivity contribution in [1.82, 2.24) is 5.48 Å².